The molecule has 26 heavy (non-hydrogen) atoms. The van der Waals surface area contributed by atoms with E-state index in [1.54, 1.807) is 0 Å². The predicted octanol–water partition coefficient (Wildman–Crippen LogP) is 2.17. The molecule has 0 aliphatic heterocycles. The predicted molar refractivity (Wildman–Crippen MR) is 97.1 cm³/mol. The summed E-state index contributed by atoms with van der Waals surface area (Å²) in [6.07, 6.45) is 8.92. The lowest BCUT2D eigenvalue weighted by atomic mass is 9.49. The minimum absolute atomic E-state index is 0.0567. The molecule has 0 heterocycles. The molecule has 0 aromatic carbocycles. The molecule has 0 saturated heterocycles. The summed E-state index contributed by atoms with van der Waals surface area (Å²) in [6, 6.07) is 0.0567. The molecule has 0 unspecified atom stereocenters. The zero-order chi connectivity index (χ0) is 18.7. The second-order valence-corrected chi connectivity index (χ2v) is 8.91. The molecule has 4 fully saturated rings. The van der Waals surface area contributed by atoms with Crippen LogP contribution < -0.4 is 10.6 Å². The third-order valence-corrected chi connectivity index (χ3v) is 6.51. The first-order valence-corrected chi connectivity index (χ1v) is 10.1. The molecular formula is C20H32N2O4. The van der Waals surface area contributed by atoms with Crippen LogP contribution in [0.15, 0.2) is 0 Å². The van der Waals surface area contributed by atoms with Crippen LogP contribution in [-0.4, -0.2) is 37.0 Å². The summed E-state index contributed by atoms with van der Waals surface area (Å²) >= 11 is 0. The molecule has 4 aliphatic rings. The fourth-order valence-corrected chi connectivity index (χ4v) is 5.70. The van der Waals surface area contributed by atoms with Gasteiger partial charge < -0.3 is 15.4 Å². The van der Waals surface area contributed by atoms with Crippen molar-refractivity contribution in [3.63, 3.8) is 0 Å². The summed E-state index contributed by atoms with van der Waals surface area (Å²) in [5.41, 5.74) is 0.166. The Morgan fingerprint density at radius 2 is 1.62 bits per heavy atom. The fraction of sp³-hybridized carbons (Fsp3) is 0.850. The van der Waals surface area contributed by atoms with E-state index in [-0.39, 0.29) is 36.4 Å². The van der Waals surface area contributed by atoms with E-state index in [2.05, 4.69) is 10.6 Å². The Bertz CT molecular complexity index is 525. The minimum atomic E-state index is -0.567. The van der Waals surface area contributed by atoms with Gasteiger partial charge in [-0.2, -0.15) is 0 Å². The van der Waals surface area contributed by atoms with E-state index in [9.17, 15) is 14.4 Å². The Kier molecular flexibility index (Phi) is 5.88. The van der Waals surface area contributed by atoms with Crippen molar-refractivity contribution in [2.45, 2.75) is 71.3 Å². The summed E-state index contributed by atoms with van der Waals surface area (Å²) in [6.45, 7) is 3.40. The second kappa shape index (κ2) is 7.97. The van der Waals surface area contributed by atoms with E-state index in [0.29, 0.717) is 6.42 Å². The summed E-state index contributed by atoms with van der Waals surface area (Å²) in [7, 11) is 0. The number of hydrogen-bond acceptors (Lipinski definition) is 4. The van der Waals surface area contributed by atoms with Crippen molar-refractivity contribution < 1.29 is 19.1 Å². The highest BCUT2D eigenvalue weighted by Gasteiger charge is 2.51. The van der Waals surface area contributed by atoms with Gasteiger partial charge in [0.05, 0.1) is 0 Å². The standard InChI is InChI=1S/C20H32N2O4/c1-3-13(2)22-18(24)12-26-19(25)11-21-17(23)10-20-7-14-4-15(8-20)6-16(5-14)9-20/h13-16H,3-12H2,1-2H3,(H,21,23)(H,22,24)/t13-,14?,15?,16?,20?/m0/s1. The van der Waals surface area contributed by atoms with Crippen molar-refractivity contribution in [3.05, 3.63) is 0 Å². The van der Waals surface area contributed by atoms with Crippen molar-refractivity contribution in [1.82, 2.24) is 10.6 Å². The number of carbonyl (C=O) groups excluding carboxylic acids is 3. The Morgan fingerprint density at radius 1 is 1.04 bits per heavy atom. The van der Waals surface area contributed by atoms with Crippen molar-refractivity contribution in [1.29, 1.82) is 0 Å². The van der Waals surface area contributed by atoms with E-state index in [4.69, 9.17) is 4.74 Å². The number of nitrogens with one attached hydrogen (secondary N) is 2. The third-order valence-electron chi connectivity index (χ3n) is 6.51. The monoisotopic (exact) mass is 364 g/mol. The van der Waals surface area contributed by atoms with Crippen LogP contribution in [0.4, 0.5) is 0 Å². The molecule has 146 valence electrons. The number of amides is 2. The number of hydrogen-bond donors (Lipinski definition) is 2. The van der Waals surface area contributed by atoms with Gasteiger partial charge in [-0.3, -0.25) is 14.4 Å². The average Bonchev–Trinajstić information content (AvgIpc) is 2.56. The van der Waals surface area contributed by atoms with Gasteiger partial charge in [-0.25, -0.2) is 0 Å². The lowest BCUT2D eigenvalue weighted by molar-refractivity contribution is -0.149. The van der Waals surface area contributed by atoms with Gasteiger partial charge in [0.2, 0.25) is 5.91 Å². The molecule has 6 nitrogen and oxygen atoms in total. The average molecular weight is 364 g/mol. The summed E-state index contributed by atoms with van der Waals surface area (Å²) in [5.74, 6) is 1.48. The molecule has 0 aromatic heterocycles. The first-order chi connectivity index (χ1) is 12.4. The topological polar surface area (TPSA) is 84.5 Å². The van der Waals surface area contributed by atoms with Crippen molar-refractivity contribution in [2.24, 2.45) is 23.2 Å². The second-order valence-electron chi connectivity index (χ2n) is 8.91. The van der Waals surface area contributed by atoms with Crippen LogP contribution in [0.25, 0.3) is 0 Å². The quantitative estimate of drug-likeness (QED) is 0.647. The number of ether oxygens (including phenoxy) is 1. The van der Waals surface area contributed by atoms with Gasteiger partial charge in [0.1, 0.15) is 6.54 Å². The van der Waals surface area contributed by atoms with Gasteiger partial charge in [-0.15, -0.1) is 0 Å². The van der Waals surface area contributed by atoms with Gasteiger partial charge in [-0.1, -0.05) is 6.92 Å². The molecule has 4 bridgehead atoms. The van der Waals surface area contributed by atoms with Crippen LogP contribution in [0.1, 0.15) is 65.2 Å². The zero-order valence-corrected chi connectivity index (χ0v) is 16.0. The summed E-state index contributed by atoms with van der Waals surface area (Å²) in [5, 5.41) is 5.42. The molecule has 4 aliphatic carbocycles. The van der Waals surface area contributed by atoms with Crippen molar-refractivity contribution in [3.8, 4) is 0 Å². The number of rotatable bonds is 8. The van der Waals surface area contributed by atoms with E-state index >= 15 is 0 Å². The van der Waals surface area contributed by atoms with Crippen LogP contribution in [0.2, 0.25) is 0 Å². The van der Waals surface area contributed by atoms with Crippen LogP contribution in [0.5, 0.6) is 0 Å². The Hall–Kier alpha value is -1.59. The minimum Gasteiger partial charge on any atom is -0.454 e. The van der Waals surface area contributed by atoms with Crippen LogP contribution in [0.3, 0.4) is 0 Å². The molecule has 1 atom stereocenters. The van der Waals surface area contributed by atoms with Crippen molar-refractivity contribution >= 4 is 17.8 Å². The van der Waals surface area contributed by atoms with Crippen molar-refractivity contribution in [2.75, 3.05) is 13.2 Å². The normalized spacial score (nSPS) is 32.8. The van der Waals surface area contributed by atoms with Gasteiger partial charge in [0.15, 0.2) is 6.61 Å². The van der Waals surface area contributed by atoms with E-state index in [1.165, 1.54) is 38.5 Å². The van der Waals surface area contributed by atoms with Gasteiger partial charge >= 0.3 is 5.97 Å². The van der Waals surface area contributed by atoms with E-state index < -0.39 is 5.97 Å². The number of esters is 1. The first kappa shape index (κ1) is 19.2. The SMILES string of the molecule is CC[C@H](C)NC(=O)COC(=O)CNC(=O)CC12CC3CC(CC(C3)C1)C2. The first-order valence-electron chi connectivity index (χ1n) is 10.1. The molecule has 4 saturated carbocycles. The molecule has 2 amide bonds. The Labute approximate surface area is 155 Å². The lowest BCUT2D eigenvalue weighted by Crippen LogP contribution is -2.48. The molecule has 2 N–H and O–H groups in total. The molecule has 0 radical (unpaired) electrons. The lowest BCUT2D eigenvalue weighted by Gasteiger charge is -2.56. The van der Waals surface area contributed by atoms with Gasteiger partial charge in [-0.05, 0) is 75.0 Å². The molecular weight excluding hydrogens is 332 g/mol. The zero-order valence-electron chi connectivity index (χ0n) is 16.0. The Morgan fingerprint density at radius 3 is 2.15 bits per heavy atom. The Balaban J connectivity index is 1.36. The van der Waals surface area contributed by atoms with E-state index in [1.807, 2.05) is 13.8 Å². The molecule has 0 aromatic rings. The third kappa shape index (κ3) is 4.77. The number of carbonyl (C=O) groups is 3. The van der Waals surface area contributed by atoms with Crippen LogP contribution >= 0.6 is 0 Å². The van der Waals surface area contributed by atoms with Crippen LogP contribution in [-0.2, 0) is 19.1 Å². The maximum Gasteiger partial charge on any atom is 0.325 e. The molecule has 4 rings (SSSR count). The summed E-state index contributed by atoms with van der Waals surface area (Å²) in [4.78, 5) is 35.7. The highest BCUT2D eigenvalue weighted by molar-refractivity contribution is 5.84. The highest BCUT2D eigenvalue weighted by Crippen LogP contribution is 2.61. The molecule has 6 heteroatoms. The summed E-state index contributed by atoms with van der Waals surface area (Å²) < 4.78 is 4.93. The highest BCUT2D eigenvalue weighted by atomic mass is 16.5. The van der Waals surface area contributed by atoms with Gasteiger partial charge in [0, 0.05) is 12.5 Å². The smallest absolute Gasteiger partial charge is 0.325 e. The largest absolute Gasteiger partial charge is 0.454 e. The maximum atomic E-state index is 12.4. The van der Waals surface area contributed by atoms with E-state index in [0.717, 1.165) is 24.2 Å². The fourth-order valence-electron chi connectivity index (χ4n) is 5.70. The van der Waals surface area contributed by atoms with Gasteiger partial charge in [0.25, 0.3) is 5.91 Å². The maximum absolute atomic E-state index is 12.4. The molecule has 0 spiro atoms. The van der Waals surface area contributed by atoms with Crippen LogP contribution in [0, 0.1) is 23.2 Å².